The number of nitro groups is 1. The van der Waals surface area contributed by atoms with Gasteiger partial charge in [0.25, 0.3) is 5.91 Å². The molecule has 1 N–H and O–H groups in total. The maximum absolute atomic E-state index is 11.9. The van der Waals surface area contributed by atoms with Crippen LogP contribution in [-0.4, -0.2) is 28.5 Å². The Morgan fingerprint density at radius 3 is 3.00 bits per heavy atom. The van der Waals surface area contributed by atoms with Gasteiger partial charge in [-0.2, -0.15) is 0 Å². The Kier molecular flexibility index (Phi) is 5.08. The summed E-state index contributed by atoms with van der Waals surface area (Å²) in [6.45, 7) is 1.88. The number of rotatable bonds is 5. The van der Waals surface area contributed by atoms with Crippen molar-refractivity contribution in [2.45, 2.75) is 38.6 Å². The van der Waals surface area contributed by atoms with Crippen LogP contribution < -0.4 is 10.1 Å². The SMILES string of the molecule is C[C@H]1CCCC[C@H]1NC(=O)COc1cccnc1[N+](=O)[O-]. The van der Waals surface area contributed by atoms with Crippen LogP contribution in [0, 0.1) is 16.0 Å². The summed E-state index contributed by atoms with van der Waals surface area (Å²) in [4.78, 5) is 25.7. The van der Waals surface area contributed by atoms with Crippen LogP contribution in [0.1, 0.15) is 32.6 Å². The van der Waals surface area contributed by atoms with Crippen molar-refractivity contribution in [3.63, 3.8) is 0 Å². The molecule has 2 rings (SSSR count). The lowest BCUT2D eigenvalue weighted by Crippen LogP contribution is -2.43. The smallest absolute Gasteiger partial charge is 0.406 e. The summed E-state index contributed by atoms with van der Waals surface area (Å²) in [5.41, 5.74) is 0. The molecule has 0 radical (unpaired) electrons. The van der Waals surface area contributed by atoms with E-state index in [1.165, 1.54) is 24.8 Å². The first-order valence-electron chi connectivity index (χ1n) is 7.09. The van der Waals surface area contributed by atoms with Gasteiger partial charge in [0, 0.05) is 6.04 Å². The minimum Gasteiger partial charge on any atom is -0.476 e. The van der Waals surface area contributed by atoms with Gasteiger partial charge in [-0.05, 0) is 40.8 Å². The second kappa shape index (κ2) is 7.01. The van der Waals surface area contributed by atoms with Gasteiger partial charge >= 0.3 is 5.82 Å². The Morgan fingerprint density at radius 2 is 2.29 bits per heavy atom. The highest BCUT2D eigenvalue weighted by Crippen LogP contribution is 2.24. The molecule has 114 valence electrons. The van der Waals surface area contributed by atoms with Crippen LogP contribution in [0.5, 0.6) is 5.75 Å². The minimum atomic E-state index is -0.629. The number of nitrogens with one attached hydrogen (secondary N) is 1. The van der Waals surface area contributed by atoms with E-state index in [1.54, 1.807) is 0 Å². The molecular formula is C14H19N3O4. The highest BCUT2D eigenvalue weighted by Gasteiger charge is 2.23. The molecule has 0 bridgehead atoms. The predicted octanol–water partition coefficient (Wildman–Crippen LogP) is 2.06. The molecule has 21 heavy (non-hydrogen) atoms. The molecule has 0 saturated heterocycles. The fourth-order valence-corrected chi connectivity index (χ4v) is 2.55. The van der Waals surface area contributed by atoms with Gasteiger partial charge in [-0.3, -0.25) is 4.79 Å². The lowest BCUT2D eigenvalue weighted by Gasteiger charge is -2.29. The van der Waals surface area contributed by atoms with E-state index >= 15 is 0 Å². The summed E-state index contributed by atoms with van der Waals surface area (Å²) in [6, 6.07) is 3.13. The summed E-state index contributed by atoms with van der Waals surface area (Å²) in [5.74, 6) is -0.173. The van der Waals surface area contributed by atoms with Crippen molar-refractivity contribution < 1.29 is 14.5 Å². The second-order valence-electron chi connectivity index (χ2n) is 5.31. The maximum atomic E-state index is 11.9. The molecule has 1 aliphatic carbocycles. The minimum absolute atomic E-state index is 0.00865. The van der Waals surface area contributed by atoms with Crippen LogP contribution in [-0.2, 0) is 4.79 Å². The lowest BCUT2D eigenvalue weighted by molar-refractivity contribution is -0.390. The Labute approximate surface area is 122 Å². The molecule has 1 aromatic heterocycles. The third-order valence-corrected chi connectivity index (χ3v) is 3.74. The fraction of sp³-hybridized carbons (Fsp3) is 0.571. The number of ether oxygens (including phenoxy) is 1. The van der Waals surface area contributed by atoms with Gasteiger partial charge in [0.1, 0.15) is 6.20 Å². The van der Waals surface area contributed by atoms with E-state index in [0.717, 1.165) is 19.3 Å². The molecule has 0 unspecified atom stereocenters. The molecular weight excluding hydrogens is 274 g/mol. The Morgan fingerprint density at radius 1 is 1.52 bits per heavy atom. The molecule has 1 heterocycles. The van der Waals surface area contributed by atoms with E-state index in [0.29, 0.717) is 5.92 Å². The number of hydrogen-bond acceptors (Lipinski definition) is 5. The zero-order chi connectivity index (χ0) is 15.2. The summed E-state index contributed by atoms with van der Waals surface area (Å²) >= 11 is 0. The molecule has 0 spiro atoms. The monoisotopic (exact) mass is 293 g/mol. The molecule has 1 saturated carbocycles. The van der Waals surface area contributed by atoms with Crippen molar-refractivity contribution in [1.29, 1.82) is 0 Å². The number of amides is 1. The van der Waals surface area contributed by atoms with Crippen LogP contribution in [0.25, 0.3) is 0 Å². The second-order valence-corrected chi connectivity index (χ2v) is 5.31. The third-order valence-electron chi connectivity index (χ3n) is 3.74. The molecule has 1 aromatic rings. The number of hydrogen-bond donors (Lipinski definition) is 1. The summed E-state index contributed by atoms with van der Waals surface area (Å²) in [5, 5.41) is 13.7. The molecule has 1 fully saturated rings. The summed E-state index contributed by atoms with van der Waals surface area (Å²) in [6.07, 6.45) is 5.71. The van der Waals surface area contributed by atoms with Crippen molar-refractivity contribution in [3.8, 4) is 5.75 Å². The highest BCUT2D eigenvalue weighted by molar-refractivity contribution is 5.78. The molecule has 1 aliphatic rings. The van der Waals surface area contributed by atoms with E-state index in [-0.39, 0.29) is 30.1 Å². The molecule has 7 heteroatoms. The number of nitrogens with zero attached hydrogens (tertiary/aromatic N) is 2. The molecule has 1 amide bonds. The molecule has 7 nitrogen and oxygen atoms in total. The van der Waals surface area contributed by atoms with E-state index in [1.807, 2.05) is 0 Å². The quantitative estimate of drug-likeness (QED) is 0.662. The first kappa shape index (κ1) is 15.2. The van der Waals surface area contributed by atoms with Gasteiger partial charge in [-0.15, -0.1) is 0 Å². The number of aromatic nitrogens is 1. The maximum Gasteiger partial charge on any atom is 0.406 e. The summed E-state index contributed by atoms with van der Waals surface area (Å²) in [7, 11) is 0. The topological polar surface area (TPSA) is 94.4 Å². The molecule has 0 aliphatic heterocycles. The van der Waals surface area contributed by atoms with Crippen LogP contribution in [0.15, 0.2) is 18.3 Å². The van der Waals surface area contributed by atoms with Gasteiger partial charge in [0.05, 0.1) is 0 Å². The standard InChI is InChI=1S/C14H19N3O4/c1-10-5-2-3-6-11(10)16-13(18)9-21-12-7-4-8-15-14(12)17(19)20/h4,7-8,10-11H,2-3,5-6,9H2,1H3,(H,16,18)/t10-,11+/m0/s1. The zero-order valence-corrected chi connectivity index (χ0v) is 11.9. The van der Waals surface area contributed by atoms with Crippen LogP contribution >= 0.6 is 0 Å². The van der Waals surface area contributed by atoms with Gasteiger partial charge in [-0.1, -0.05) is 19.8 Å². The van der Waals surface area contributed by atoms with Crippen molar-refractivity contribution in [2.75, 3.05) is 6.61 Å². The largest absolute Gasteiger partial charge is 0.476 e. The van der Waals surface area contributed by atoms with Gasteiger partial charge in [-0.25, -0.2) is 0 Å². The first-order valence-corrected chi connectivity index (χ1v) is 7.09. The zero-order valence-electron chi connectivity index (χ0n) is 11.9. The van der Waals surface area contributed by atoms with Gasteiger partial charge < -0.3 is 20.2 Å². The molecule has 0 aromatic carbocycles. The third kappa shape index (κ3) is 4.14. The van der Waals surface area contributed by atoms with Crippen LogP contribution in [0.3, 0.4) is 0 Å². The number of pyridine rings is 1. The Bertz CT molecular complexity index is 521. The average Bonchev–Trinajstić information content (AvgIpc) is 2.48. The van der Waals surface area contributed by atoms with Gasteiger partial charge in [0.2, 0.25) is 5.75 Å². The Hall–Kier alpha value is -2.18. The van der Waals surface area contributed by atoms with E-state index in [4.69, 9.17) is 4.74 Å². The number of carbonyl (C=O) groups is 1. The predicted molar refractivity (Wildman–Crippen MR) is 75.9 cm³/mol. The average molecular weight is 293 g/mol. The van der Waals surface area contributed by atoms with Crippen LogP contribution in [0.4, 0.5) is 5.82 Å². The van der Waals surface area contributed by atoms with Crippen LogP contribution in [0.2, 0.25) is 0 Å². The van der Waals surface area contributed by atoms with Crippen molar-refractivity contribution in [3.05, 3.63) is 28.4 Å². The van der Waals surface area contributed by atoms with E-state index in [9.17, 15) is 14.9 Å². The van der Waals surface area contributed by atoms with Gasteiger partial charge in [0.15, 0.2) is 6.61 Å². The number of carbonyl (C=O) groups excluding carboxylic acids is 1. The van der Waals surface area contributed by atoms with Crippen molar-refractivity contribution >= 4 is 11.7 Å². The Balaban J connectivity index is 1.88. The van der Waals surface area contributed by atoms with Crippen molar-refractivity contribution in [2.24, 2.45) is 5.92 Å². The lowest BCUT2D eigenvalue weighted by atomic mass is 9.86. The fourth-order valence-electron chi connectivity index (χ4n) is 2.55. The highest BCUT2D eigenvalue weighted by atomic mass is 16.6. The first-order chi connectivity index (χ1) is 10.1. The van der Waals surface area contributed by atoms with Crippen molar-refractivity contribution in [1.82, 2.24) is 10.3 Å². The summed E-state index contributed by atoms with van der Waals surface area (Å²) < 4.78 is 5.22. The normalized spacial score (nSPS) is 21.6. The van der Waals surface area contributed by atoms with E-state index < -0.39 is 4.92 Å². The molecule has 2 atom stereocenters. The van der Waals surface area contributed by atoms with E-state index in [2.05, 4.69) is 17.2 Å².